The standard InChI is InChI=1S/C37H45Cl3N4O4/c1-37(2,3)42-36(48)32-22-43(20-24-9-12-30(39)31(40)16-24)13-14-44(32)21-28(45)17-26(15-23-7-5-4-6-8-23)35(47)41-34-29-19-27(38)11-10-25(29)18-33(34)46/h4-12,16,19,26,28,32-34,45-46H,13-15,17-18,20-22H2,1-3H3,(H,41,47)(H,42,48)/t26-,28+,32+,33-,34+/m1/s1. The average Bonchev–Trinajstić information content (AvgIpc) is 3.32. The van der Waals surface area contributed by atoms with Gasteiger partial charge in [-0.2, -0.15) is 0 Å². The lowest BCUT2D eigenvalue weighted by molar-refractivity contribution is -0.132. The second kappa shape index (κ2) is 15.9. The molecule has 48 heavy (non-hydrogen) atoms. The normalized spacial score (nSPS) is 21.4. The summed E-state index contributed by atoms with van der Waals surface area (Å²) in [4.78, 5) is 31.7. The first-order valence-electron chi connectivity index (χ1n) is 16.5. The van der Waals surface area contributed by atoms with Gasteiger partial charge in [0, 0.05) is 55.6 Å². The molecule has 0 unspecified atom stereocenters. The predicted octanol–water partition coefficient (Wildman–Crippen LogP) is 5.43. The highest BCUT2D eigenvalue weighted by molar-refractivity contribution is 6.42. The molecule has 1 fully saturated rings. The van der Waals surface area contributed by atoms with Crippen LogP contribution in [-0.4, -0.2) is 81.8 Å². The second-order valence-electron chi connectivity index (χ2n) is 14.1. The number of fused-ring (bicyclic) bond motifs is 1. The van der Waals surface area contributed by atoms with Gasteiger partial charge in [0.15, 0.2) is 0 Å². The molecule has 0 bridgehead atoms. The highest BCUT2D eigenvalue weighted by Gasteiger charge is 2.37. The van der Waals surface area contributed by atoms with Crippen molar-refractivity contribution >= 4 is 46.6 Å². The first-order chi connectivity index (χ1) is 22.8. The van der Waals surface area contributed by atoms with Crippen molar-refractivity contribution in [3.8, 4) is 0 Å². The molecule has 1 aliphatic carbocycles. The lowest BCUT2D eigenvalue weighted by Gasteiger charge is -2.42. The van der Waals surface area contributed by atoms with Crippen LogP contribution in [0.4, 0.5) is 0 Å². The third-order valence-corrected chi connectivity index (χ3v) is 9.99. The molecule has 2 amide bonds. The summed E-state index contributed by atoms with van der Waals surface area (Å²) in [5, 5.41) is 30.1. The lowest BCUT2D eigenvalue weighted by atomic mass is 9.91. The molecule has 1 heterocycles. The Labute approximate surface area is 298 Å². The average molecular weight is 716 g/mol. The fourth-order valence-electron chi connectivity index (χ4n) is 6.73. The Morgan fingerprint density at radius 2 is 1.71 bits per heavy atom. The second-order valence-corrected chi connectivity index (χ2v) is 15.4. The molecule has 0 aromatic heterocycles. The van der Waals surface area contributed by atoms with Crippen molar-refractivity contribution in [1.82, 2.24) is 20.4 Å². The van der Waals surface area contributed by atoms with E-state index in [9.17, 15) is 19.8 Å². The number of aliphatic hydroxyl groups excluding tert-OH is 2. The maximum Gasteiger partial charge on any atom is 0.239 e. The molecule has 0 saturated carbocycles. The number of β-amino-alcohol motifs (C(OH)–C–C–N with tert-alkyl or cyclic N) is 1. The van der Waals surface area contributed by atoms with Crippen molar-refractivity contribution in [3.63, 3.8) is 0 Å². The highest BCUT2D eigenvalue weighted by Crippen LogP contribution is 2.34. The topological polar surface area (TPSA) is 105 Å². The number of halogens is 3. The van der Waals surface area contributed by atoms with Gasteiger partial charge in [-0.05, 0) is 80.1 Å². The van der Waals surface area contributed by atoms with Crippen LogP contribution in [0.15, 0.2) is 66.7 Å². The highest BCUT2D eigenvalue weighted by atomic mass is 35.5. The molecule has 258 valence electrons. The van der Waals surface area contributed by atoms with Gasteiger partial charge >= 0.3 is 0 Å². The minimum atomic E-state index is -0.883. The van der Waals surface area contributed by atoms with Gasteiger partial charge in [0.2, 0.25) is 11.8 Å². The Morgan fingerprint density at radius 1 is 0.958 bits per heavy atom. The number of carbonyl (C=O) groups excluding carboxylic acids is 2. The molecule has 3 aromatic rings. The third kappa shape index (κ3) is 9.72. The Kier molecular flexibility index (Phi) is 12.1. The number of rotatable bonds is 11. The van der Waals surface area contributed by atoms with E-state index in [1.54, 1.807) is 18.2 Å². The largest absolute Gasteiger partial charge is 0.392 e. The molecule has 4 N–H and O–H groups in total. The SMILES string of the molecule is CC(C)(C)NC(=O)[C@@H]1CN(Cc2ccc(Cl)c(Cl)c2)CCN1C[C@@H](O)C[C@@H](Cc1ccccc1)C(=O)N[C@H]1c2cc(Cl)ccc2C[C@H]1O. The van der Waals surface area contributed by atoms with Crippen LogP contribution in [0.2, 0.25) is 15.1 Å². The Balaban J connectivity index is 1.30. The van der Waals surface area contributed by atoms with Crippen LogP contribution in [0.25, 0.3) is 0 Å². The van der Waals surface area contributed by atoms with Crippen LogP contribution in [0.5, 0.6) is 0 Å². The molecule has 2 aliphatic rings. The van der Waals surface area contributed by atoms with Crippen LogP contribution >= 0.6 is 34.8 Å². The van der Waals surface area contributed by atoms with E-state index in [0.717, 1.165) is 22.3 Å². The first kappa shape index (κ1) is 36.6. The lowest BCUT2D eigenvalue weighted by Crippen LogP contribution is -2.61. The zero-order valence-electron chi connectivity index (χ0n) is 27.6. The Hall–Kier alpha value is -2.69. The zero-order chi connectivity index (χ0) is 34.6. The Morgan fingerprint density at radius 3 is 2.42 bits per heavy atom. The van der Waals surface area contributed by atoms with E-state index in [-0.39, 0.29) is 24.8 Å². The summed E-state index contributed by atoms with van der Waals surface area (Å²) in [7, 11) is 0. The van der Waals surface area contributed by atoms with Gasteiger partial charge in [-0.15, -0.1) is 0 Å². The maximum absolute atomic E-state index is 13.9. The van der Waals surface area contributed by atoms with Gasteiger partial charge in [0.05, 0.1) is 28.3 Å². The van der Waals surface area contributed by atoms with Crippen molar-refractivity contribution in [1.29, 1.82) is 0 Å². The minimum absolute atomic E-state index is 0.111. The minimum Gasteiger partial charge on any atom is -0.392 e. The van der Waals surface area contributed by atoms with E-state index in [4.69, 9.17) is 34.8 Å². The summed E-state index contributed by atoms with van der Waals surface area (Å²) in [5.74, 6) is -0.932. The molecule has 0 radical (unpaired) electrons. The van der Waals surface area contributed by atoms with Crippen molar-refractivity contribution < 1.29 is 19.8 Å². The molecule has 11 heteroatoms. The fraction of sp³-hybridized carbons (Fsp3) is 0.459. The quantitative estimate of drug-likeness (QED) is 0.211. The summed E-state index contributed by atoms with van der Waals surface area (Å²) in [6.07, 6.45) is -0.625. The van der Waals surface area contributed by atoms with Gasteiger partial charge in [-0.3, -0.25) is 19.4 Å². The summed E-state index contributed by atoms with van der Waals surface area (Å²) in [5.41, 5.74) is 3.31. The van der Waals surface area contributed by atoms with Crippen molar-refractivity contribution in [2.24, 2.45) is 5.92 Å². The number of piperazine rings is 1. The van der Waals surface area contributed by atoms with Gasteiger partial charge in [0.25, 0.3) is 0 Å². The molecular formula is C37H45Cl3N4O4. The van der Waals surface area contributed by atoms with E-state index in [1.165, 1.54) is 0 Å². The van der Waals surface area contributed by atoms with E-state index in [0.29, 0.717) is 54.1 Å². The number of nitrogens with one attached hydrogen (secondary N) is 2. The molecule has 5 rings (SSSR count). The van der Waals surface area contributed by atoms with Gasteiger partial charge in [-0.25, -0.2) is 0 Å². The smallest absolute Gasteiger partial charge is 0.239 e. The summed E-state index contributed by atoms with van der Waals surface area (Å²) in [6, 6.07) is 19.6. The molecule has 8 nitrogen and oxygen atoms in total. The third-order valence-electron chi connectivity index (χ3n) is 9.02. The van der Waals surface area contributed by atoms with Gasteiger partial charge < -0.3 is 20.8 Å². The molecule has 3 aromatic carbocycles. The number of hydrogen-bond donors (Lipinski definition) is 4. The molecule has 1 aliphatic heterocycles. The monoisotopic (exact) mass is 714 g/mol. The molecular weight excluding hydrogens is 671 g/mol. The summed E-state index contributed by atoms with van der Waals surface area (Å²) >= 11 is 18.6. The maximum atomic E-state index is 13.9. The van der Waals surface area contributed by atoms with Crippen molar-refractivity contribution in [2.75, 3.05) is 26.2 Å². The number of carbonyl (C=O) groups is 2. The predicted molar refractivity (Wildman–Crippen MR) is 191 cm³/mol. The van der Waals surface area contributed by atoms with Crippen LogP contribution < -0.4 is 10.6 Å². The van der Waals surface area contributed by atoms with E-state index >= 15 is 0 Å². The first-order valence-corrected chi connectivity index (χ1v) is 17.6. The number of aliphatic hydroxyl groups is 2. The molecule has 5 atom stereocenters. The van der Waals surface area contributed by atoms with E-state index in [1.807, 2.05) is 74.2 Å². The van der Waals surface area contributed by atoms with Crippen LogP contribution in [0.1, 0.15) is 55.5 Å². The fourth-order valence-corrected chi connectivity index (χ4v) is 7.23. The van der Waals surface area contributed by atoms with Crippen LogP contribution in [-0.2, 0) is 29.0 Å². The van der Waals surface area contributed by atoms with Gasteiger partial charge in [0.1, 0.15) is 6.04 Å². The number of nitrogens with zero attached hydrogens (tertiary/aromatic N) is 2. The zero-order valence-corrected chi connectivity index (χ0v) is 29.9. The molecule has 1 saturated heterocycles. The van der Waals surface area contributed by atoms with Crippen molar-refractivity contribution in [2.45, 2.75) is 76.4 Å². The number of hydrogen-bond acceptors (Lipinski definition) is 6. The Bertz CT molecular complexity index is 1580. The summed E-state index contributed by atoms with van der Waals surface area (Å²) < 4.78 is 0. The number of amides is 2. The van der Waals surface area contributed by atoms with Gasteiger partial charge in [-0.1, -0.05) is 77.3 Å². The van der Waals surface area contributed by atoms with E-state index < -0.39 is 35.7 Å². The van der Waals surface area contributed by atoms with Crippen LogP contribution in [0, 0.1) is 5.92 Å². The van der Waals surface area contributed by atoms with E-state index in [2.05, 4.69) is 15.5 Å². The van der Waals surface area contributed by atoms with Crippen molar-refractivity contribution in [3.05, 3.63) is 104 Å². The van der Waals surface area contributed by atoms with Crippen LogP contribution in [0.3, 0.4) is 0 Å². The number of benzene rings is 3. The summed E-state index contributed by atoms with van der Waals surface area (Å²) in [6.45, 7) is 8.37. The molecule has 0 spiro atoms.